The molecule has 0 aromatic heterocycles. The molecule has 1 heterocycles. The summed E-state index contributed by atoms with van der Waals surface area (Å²) in [5, 5.41) is 2.75. The van der Waals surface area contributed by atoms with Gasteiger partial charge < -0.3 is 16.0 Å². The van der Waals surface area contributed by atoms with Gasteiger partial charge in [-0.15, -0.1) is 12.4 Å². The lowest BCUT2D eigenvalue weighted by Crippen LogP contribution is -2.45. The molecule has 0 spiro atoms. The fourth-order valence-corrected chi connectivity index (χ4v) is 2.99. The molecular formula is C17H26ClN3O2. The minimum atomic E-state index is -0.547. The van der Waals surface area contributed by atoms with Gasteiger partial charge in [-0.2, -0.15) is 0 Å². The van der Waals surface area contributed by atoms with Crippen LogP contribution >= 0.6 is 12.4 Å². The van der Waals surface area contributed by atoms with Gasteiger partial charge in [-0.1, -0.05) is 25.1 Å². The Kier molecular flexibility index (Phi) is 8.06. The minimum absolute atomic E-state index is 0. The molecule has 1 aliphatic heterocycles. The number of carbonyl (C=O) groups excluding carboxylic acids is 2. The first kappa shape index (κ1) is 19.5. The topological polar surface area (TPSA) is 75.4 Å². The molecule has 0 bridgehead atoms. The second kappa shape index (κ2) is 9.53. The summed E-state index contributed by atoms with van der Waals surface area (Å²) in [6.45, 7) is 3.94. The number of aryl methyl sites for hydroxylation is 1. The van der Waals surface area contributed by atoms with Crippen molar-refractivity contribution < 1.29 is 9.59 Å². The molecule has 1 fully saturated rings. The zero-order valence-electron chi connectivity index (χ0n) is 13.6. The lowest BCUT2D eigenvalue weighted by molar-refractivity contribution is -0.144. The summed E-state index contributed by atoms with van der Waals surface area (Å²) in [7, 11) is 0. The average molecular weight is 340 g/mol. The van der Waals surface area contributed by atoms with Crippen molar-refractivity contribution in [2.75, 3.05) is 25.0 Å². The van der Waals surface area contributed by atoms with Crippen LogP contribution in [0.1, 0.15) is 31.7 Å². The molecule has 0 saturated carbocycles. The van der Waals surface area contributed by atoms with Crippen molar-refractivity contribution in [3.05, 3.63) is 29.8 Å². The van der Waals surface area contributed by atoms with Crippen LogP contribution in [-0.4, -0.2) is 36.3 Å². The van der Waals surface area contributed by atoms with Crippen molar-refractivity contribution in [1.82, 2.24) is 4.90 Å². The fourth-order valence-electron chi connectivity index (χ4n) is 2.99. The summed E-state index contributed by atoms with van der Waals surface area (Å²) in [6, 6.07) is 7.57. The number of nitrogens with zero attached hydrogens (tertiary/aromatic N) is 1. The van der Waals surface area contributed by atoms with E-state index in [9.17, 15) is 9.59 Å². The number of nitrogens with two attached hydrogens (primary N) is 1. The number of rotatable bonds is 4. The van der Waals surface area contributed by atoms with Gasteiger partial charge in [0.05, 0.1) is 0 Å². The summed E-state index contributed by atoms with van der Waals surface area (Å²) >= 11 is 0. The number of hydrogen-bond donors (Lipinski definition) is 2. The standard InChI is InChI=1S/C17H25N3O2.ClH/c1-2-14-7-3-4-8-15(14)19-16(21)17(22)20-11-5-6-13(12-20)9-10-18;/h3-4,7-8,13H,2,5-6,9-12,18H2,1H3,(H,19,21);1H. The second-order valence-electron chi connectivity index (χ2n) is 5.80. The van der Waals surface area contributed by atoms with E-state index in [0.717, 1.165) is 36.9 Å². The highest BCUT2D eigenvalue weighted by Crippen LogP contribution is 2.20. The average Bonchev–Trinajstić information content (AvgIpc) is 2.55. The zero-order chi connectivity index (χ0) is 15.9. The largest absolute Gasteiger partial charge is 0.334 e. The van der Waals surface area contributed by atoms with E-state index in [1.807, 2.05) is 31.2 Å². The van der Waals surface area contributed by atoms with Crippen molar-refractivity contribution in [3.63, 3.8) is 0 Å². The molecule has 128 valence electrons. The summed E-state index contributed by atoms with van der Waals surface area (Å²) in [5.74, 6) is -0.569. The lowest BCUT2D eigenvalue weighted by atomic mass is 9.95. The number of halogens is 1. The first-order chi connectivity index (χ1) is 10.7. The van der Waals surface area contributed by atoms with E-state index in [2.05, 4.69) is 5.32 Å². The van der Waals surface area contributed by atoms with E-state index in [1.54, 1.807) is 4.90 Å². The van der Waals surface area contributed by atoms with Crippen molar-refractivity contribution in [1.29, 1.82) is 0 Å². The summed E-state index contributed by atoms with van der Waals surface area (Å²) < 4.78 is 0. The molecule has 2 amide bonds. The molecule has 1 unspecified atom stereocenters. The summed E-state index contributed by atoms with van der Waals surface area (Å²) in [6.07, 6.45) is 3.74. The Labute approximate surface area is 144 Å². The minimum Gasteiger partial charge on any atom is -0.334 e. The predicted molar refractivity (Wildman–Crippen MR) is 94.7 cm³/mol. The van der Waals surface area contributed by atoms with E-state index < -0.39 is 11.8 Å². The molecular weight excluding hydrogens is 314 g/mol. The van der Waals surface area contributed by atoms with Crippen molar-refractivity contribution in [3.8, 4) is 0 Å². The van der Waals surface area contributed by atoms with Crippen LogP contribution in [0.2, 0.25) is 0 Å². The lowest BCUT2D eigenvalue weighted by Gasteiger charge is -2.32. The second-order valence-corrected chi connectivity index (χ2v) is 5.80. The molecule has 23 heavy (non-hydrogen) atoms. The predicted octanol–water partition coefficient (Wildman–Crippen LogP) is 2.20. The Morgan fingerprint density at radius 1 is 1.35 bits per heavy atom. The zero-order valence-corrected chi connectivity index (χ0v) is 14.4. The van der Waals surface area contributed by atoms with Gasteiger partial charge in [0, 0.05) is 18.8 Å². The molecule has 2 rings (SSSR count). The molecule has 1 aliphatic rings. The van der Waals surface area contributed by atoms with Crippen LogP contribution in [0, 0.1) is 5.92 Å². The van der Waals surface area contributed by atoms with E-state index >= 15 is 0 Å². The quantitative estimate of drug-likeness (QED) is 0.826. The maximum Gasteiger partial charge on any atom is 0.313 e. The highest BCUT2D eigenvalue weighted by Gasteiger charge is 2.27. The molecule has 1 saturated heterocycles. The number of anilines is 1. The van der Waals surface area contributed by atoms with Crippen LogP contribution in [0.25, 0.3) is 0 Å². The molecule has 1 atom stereocenters. The van der Waals surface area contributed by atoms with Gasteiger partial charge in [0.15, 0.2) is 0 Å². The van der Waals surface area contributed by atoms with Crippen LogP contribution in [-0.2, 0) is 16.0 Å². The number of piperidine rings is 1. The fraction of sp³-hybridized carbons (Fsp3) is 0.529. The smallest absolute Gasteiger partial charge is 0.313 e. The van der Waals surface area contributed by atoms with Crippen molar-refractivity contribution in [2.24, 2.45) is 11.7 Å². The number of carbonyl (C=O) groups is 2. The SMILES string of the molecule is CCc1ccccc1NC(=O)C(=O)N1CCCC(CCN)C1.Cl. The molecule has 6 heteroatoms. The number of para-hydroxylation sites is 1. The highest BCUT2D eigenvalue weighted by molar-refractivity contribution is 6.39. The molecule has 0 aliphatic carbocycles. The van der Waals surface area contributed by atoms with E-state index in [0.29, 0.717) is 25.6 Å². The van der Waals surface area contributed by atoms with Crippen LogP contribution in [0.3, 0.4) is 0 Å². The molecule has 5 nitrogen and oxygen atoms in total. The van der Waals surface area contributed by atoms with Gasteiger partial charge in [-0.3, -0.25) is 9.59 Å². The third-order valence-corrected chi connectivity index (χ3v) is 4.22. The Morgan fingerprint density at radius 2 is 2.09 bits per heavy atom. The molecule has 1 aromatic rings. The molecule has 3 N–H and O–H groups in total. The number of hydrogen-bond acceptors (Lipinski definition) is 3. The Hall–Kier alpha value is -1.59. The normalized spacial score (nSPS) is 17.3. The van der Waals surface area contributed by atoms with Gasteiger partial charge in [0.2, 0.25) is 0 Å². The summed E-state index contributed by atoms with van der Waals surface area (Å²) in [5.41, 5.74) is 7.34. The van der Waals surface area contributed by atoms with Gasteiger partial charge in [0.1, 0.15) is 0 Å². The van der Waals surface area contributed by atoms with E-state index in [-0.39, 0.29) is 12.4 Å². The highest BCUT2D eigenvalue weighted by atomic mass is 35.5. The number of benzene rings is 1. The van der Waals surface area contributed by atoms with Gasteiger partial charge in [-0.25, -0.2) is 0 Å². The number of likely N-dealkylation sites (tertiary alicyclic amines) is 1. The number of amides is 2. The summed E-state index contributed by atoms with van der Waals surface area (Å²) in [4.78, 5) is 26.2. The van der Waals surface area contributed by atoms with Crippen LogP contribution < -0.4 is 11.1 Å². The van der Waals surface area contributed by atoms with E-state index in [1.165, 1.54) is 0 Å². The van der Waals surface area contributed by atoms with Gasteiger partial charge in [0.25, 0.3) is 0 Å². The maximum atomic E-state index is 12.3. The van der Waals surface area contributed by atoms with Crippen LogP contribution in [0.15, 0.2) is 24.3 Å². The van der Waals surface area contributed by atoms with Crippen molar-refractivity contribution >= 4 is 29.9 Å². The third-order valence-electron chi connectivity index (χ3n) is 4.22. The maximum absolute atomic E-state index is 12.3. The van der Waals surface area contributed by atoms with Gasteiger partial charge >= 0.3 is 11.8 Å². The molecule has 1 aromatic carbocycles. The van der Waals surface area contributed by atoms with E-state index in [4.69, 9.17) is 5.73 Å². The Morgan fingerprint density at radius 3 is 2.78 bits per heavy atom. The van der Waals surface area contributed by atoms with Crippen molar-refractivity contribution in [2.45, 2.75) is 32.6 Å². The van der Waals surface area contributed by atoms with Gasteiger partial charge in [-0.05, 0) is 49.8 Å². The first-order valence-electron chi connectivity index (χ1n) is 8.04. The monoisotopic (exact) mass is 339 g/mol. The Bertz CT molecular complexity index is 534. The Balaban J connectivity index is 0.00000264. The third kappa shape index (κ3) is 5.22. The molecule has 0 radical (unpaired) electrons. The first-order valence-corrected chi connectivity index (χ1v) is 8.04. The van der Waals surface area contributed by atoms with Crippen LogP contribution in [0.5, 0.6) is 0 Å². The van der Waals surface area contributed by atoms with Crippen LogP contribution in [0.4, 0.5) is 5.69 Å². The number of nitrogens with one attached hydrogen (secondary N) is 1.